The van der Waals surface area contributed by atoms with Gasteiger partial charge in [0.05, 0.1) is 31.0 Å². The zero-order valence-electron chi connectivity index (χ0n) is 15.6. The average Bonchev–Trinajstić information content (AvgIpc) is 3.39. The van der Waals surface area contributed by atoms with Crippen LogP contribution in [0.5, 0.6) is 11.5 Å². The lowest BCUT2D eigenvalue weighted by Gasteiger charge is -2.03. The lowest BCUT2D eigenvalue weighted by atomic mass is 10.3. The molecule has 0 aliphatic heterocycles. The quantitative estimate of drug-likeness (QED) is 0.430. The molecule has 1 amide bonds. The number of benzene rings is 2. The number of imidazole rings is 1. The lowest BCUT2D eigenvalue weighted by Crippen LogP contribution is -2.11. The summed E-state index contributed by atoms with van der Waals surface area (Å²) < 4.78 is 10.3. The molecule has 148 valence electrons. The SMILES string of the molecule is COc1ccc(NC(=O)c2nnc(CSc3nc4ccc(OC)cc4[nH]3)s2)cc1. The van der Waals surface area contributed by atoms with Crippen molar-refractivity contribution in [3.63, 3.8) is 0 Å². The first-order valence-corrected chi connectivity index (χ1v) is 10.4. The summed E-state index contributed by atoms with van der Waals surface area (Å²) in [7, 11) is 3.22. The number of nitrogens with zero attached hydrogens (tertiary/aromatic N) is 3. The van der Waals surface area contributed by atoms with Gasteiger partial charge in [-0.3, -0.25) is 4.79 Å². The maximum Gasteiger partial charge on any atom is 0.286 e. The second kappa shape index (κ2) is 8.50. The Morgan fingerprint density at radius 1 is 1.10 bits per heavy atom. The van der Waals surface area contributed by atoms with Crippen LogP contribution in [0.3, 0.4) is 0 Å². The Morgan fingerprint density at radius 2 is 1.86 bits per heavy atom. The Bertz CT molecular complexity index is 1140. The molecule has 2 aromatic heterocycles. The van der Waals surface area contributed by atoms with Crippen molar-refractivity contribution in [2.75, 3.05) is 19.5 Å². The van der Waals surface area contributed by atoms with Crippen LogP contribution in [-0.4, -0.2) is 40.3 Å². The second-order valence-corrected chi connectivity index (χ2v) is 7.92. The fraction of sp³-hybridized carbons (Fsp3) is 0.158. The smallest absolute Gasteiger partial charge is 0.286 e. The number of aromatic nitrogens is 4. The van der Waals surface area contributed by atoms with Gasteiger partial charge in [-0.2, -0.15) is 0 Å². The van der Waals surface area contributed by atoms with Gasteiger partial charge in [0.1, 0.15) is 16.5 Å². The molecule has 2 aromatic carbocycles. The maximum atomic E-state index is 12.4. The van der Waals surface area contributed by atoms with Crippen molar-refractivity contribution in [2.45, 2.75) is 10.9 Å². The zero-order chi connectivity index (χ0) is 20.2. The first kappa shape index (κ1) is 19.2. The van der Waals surface area contributed by atoms with E-state index in [2.05, 4.69) is 25.5 Å². The fourth-order valence-electron chi connectivity index (χ4n) is 2.55. The summed E-state index contributed by atoms with van der Waals surface area (Å²) in [6.45, 7) is 0. The minimum absolute atomic E-state index is 0.292. The molecule has 2 heterocycles. The van der Waals surface area contributed by atoms with Gasteiger partial charge in [0.2, 0.25) is 5.01 Å². The number of H-pyrrole nitrogens is 1. The number of anilines is 1. The van der Waals surface area contributed by atoms with Gasteiger partial charge >= 0.3 is 0 Å². The minimum atomic E-state index is -0.292. The summed E-state index contributed by atoms with van der Waals surface area (Å²) >= 11 is 2.76. The fourth-order valence-corrected chi connectivity index (χ4v) is 4.16. The molecule has 29 heavy (non-hydrogen) atoms. The topological polar surface area (TPSA) is 102 Å². The zero-order valence-corrected chi connectivity index (χ0v) is 17.3. The Hall–Kier alpha value is -3.11. The van der Waals surface area contributed by atoms with Crippen molar-refractivity contribution in [2.24, 2.45) is 0 Å². The van der Waals surface area contributed by atoms with Crippen molar-refractivity contribution in [1.82, 2.24) is 20.2 Å². The first-order valence-electron chi connectivity index (χ1n) is 8.59. The van der Waals surface area contributed by atoms with Crippen LogP contribution >= 0.6 is 23.1 Å². The van der Waals surface area contributed by atoms with Crippen LogP contribution in [0.15, 0.2) is 47.6 Å². The number of nitrogens with one attached hydrogen (secondary N) is 2. The normalized spacial score (nSPS) is 10.8. The van der Waals surface area contributed by atoms with Gasteiger partial charge in [0, 0.05) is 11.8 Å². The minimum Gasteiger partial charge on any atom is -0.497 e. The molecule has 10 heteroatoms. The molecule has 8 nitrogen and oxygen atoms in total. The number of thioether (sulfide) groups is 1. The highest BCUT2D eigenvalue weighted by molar-refractivity contribution is 7.98. The molecule has 4 aromatic rings. The Morgan fingerprint density at radius 3 is 2.62 bits per heavy atom. The van der Waals surface area contributed by atoms with Gasteiger partial charge in [-0.05, 0) is 36.4 Å². The third kappa shape index (κ3) is 4.49. The number of methoxy groups -OCH3 is 2. The molecule has 0 fully saturated rings. The van der Waals surface area contributed by atoms with Gasteiger partial charge in [-0.15, -0.1) is 10.2 Å². The summed E-state index contributed by atoms with van der Waals surface area (Å²) in [5, 5.41) is 12.7. The van der Waals surface area contributed by atoms with Crippen LogP contribution in [0, 0.1) is 0 Å². The van der Waals surface area contributed by atoms with E-state index in [1.165, 1.54) is 23.1 Å². The molecular formula is C19H17N5O3S2. The molecule has 0 spiro atoms. The van der Waals surface area contributed by atoms with Gasteiger partial charge in [-0.1, -0.05) is 23.1 Å². The third-order valence-electron chi connectivity index (χ3n) is 4.01. The largest absolute Gasteiger partial charge is 0.497 e. The van der Waals surface area contributed by atoms with Crippen LogP contribution in [-0.2, 0) is 5.75 Å². The monoisotopic (exact) mass is 427 g/mol. The molecule has 0 unspecified atom stereocenters. The molecule has 0 aliphatic carbocycles. The number of amides is 1. The highest BCUT2D eigenvalue weighted by Gasteiger charge is 2.14. The van der Waals surface area contributed by atoms with Crippen LogP contribution in [0.4, 0.5) is 5.69 Å². The predicted octanol–water partition coefficient (Wildman–Crippen LogP) is 3.98. The summed E-state index contributed by atoms with van der Waals surface area (Å²) in [6.07, 6.45) is 0. The van der Waals surface area contributed by atoms with Crippen molar-refractivity contribution < 1.29 is 14.3 Å². The van der Waals surface area contributed by atoms with E-state index in [1.807, 2.05) is 18.2 Å². The van der Waals surface area contributed by atoms with Gasteiger partial charge in [0.25, 0.3) is 5.91 Å². The number of carbonyl (C=O) groups is 1. The number of aromatic amines is 1. The highest BCUT2D eigenvalue weighted by Crippen LogP contribution is 2.26. The molecule has 2 N–H and O–H groups in total. The van der Waals surface area contributed by atoms with Crippen molar-refractivity contribution in [1.29, 1.82) is 0 Å². The number of carbonyl (C=O) groups excluding carboxylic acids is 1. The van der Waals surface area contributed by atoms with Gasteiger partial charge < -0.3 is 19.8 Å². The van der Waals surface area contributed by atoms with E-state index in [4.69, 9.17) is 9.47 Å². The molecule has 0 aliphatic rings. The van der Waals surface area contributed by atoms with E-state index < -0.39 is 0 Å². The Balaban J connectivity index is 1.37. The van der Waals surface area contributed by atoms with Gasteiger partial charge in [-0.25, -0.2) is 4.98 Å². The maximum absolute atomic E-state index is 12.4. The van der Waals surface area contributed by atoms with E-state index in [9.17, 15) is 4.79 Å². The number of hydrogen-bond donors (Lipinski definition) is 2. The molecule has 0 radical (unpaired) electrons. The lowest BCUT2D eigenvalue weighted by molar-refractivity contribution is 0.102. The summed E-state index contributed by atoms with van der Waals surface area (Å²) in [5.41, 5.74) is 2.44. The van der Waals surface area contributed by atoms with E-state index in [-0.39, 0.29) is 5.91 Å². The second-order valence-electron chi connectivity index (χ2n) is 5.90. The molecule has 0 atom stereocenters. The predicted molar refractivity (Wildman–Crippen MR) is 113 cm³/mol. The molecule has 4 rings (SSSR count). The van der Waals surface area contributed by atoms with E-state index in [1.54, 1.807) is 38.5 Å². The van der Waals surface area contributed by atoms with Crippen molar-refractivity contribution in [3.05, 3.63) is 52.5 Å². The Labute approximate surface area is 174 Å². The first-order chi connectivity index (χ1) is 14.1. The summed E-state index contributed by atoms with van der Waals surface area (Å²) in [6, 6.07) is 12.8. The van der Waals surface area contributed by atoms with E-state index in [0.29, 0.717) is 16.4 Å². The summed E-state index contributed by atoms with van der Waals surface area (Å²) in [4.78, 5) is 20.1. The van der Waals surface area contributed by atoms with Crippen LogP contribution < -0.4 is 14.8 Å². The van der Waals surface area contributed by atoms with E-state index in [0.717, 1.165) is 32.7 Å². The molecule has 0 bridgehead atoms. The molecular weight excluding hydrogens is 410 g/mol. The summed E-state index contributed by atoms with van der Waals surface area (Å²) in [5.74, 6) is 1.76. The highest BCUT2D eigenvalue weighted by atomic mass is 32.2. The van der Waals surface area contributed by atoms with Gasteiger partial charge in [0.15, 0.2) is 5.16 Å². The number of fused-ring (bicyclic) bond motifs is 1. The number of rotatable bonds is 7. The van der Waals surface area contributed by atoms with Crippen LogP contribution in [0.2, 0.25) is 0 Å². The third-order valence-corrected chi connectivity index (χ3v) is 6.00. The number of hydrogen-bond acceptors (Lipinski definition) is 8. The average molecular weight is 428 g/mol. The van der Waals surface area contributed by atoms with Crippen LogP contribution in [0.1, 0.15) is 14.8 Å². The van der Waals surface area contributed by atoms with Crippen LogP contribution in [0.25, 0.3) is 11.0 Å². The van der Waals surface area contributed by atoms with Crippen molar-refractivity contribution >= 4 is 45.7 Å². The Kier molecular flexibility index (Phi) is 5.63. The molecule has 0 saturated carbocycles. The number of ether oxygens (including phenoxy) is 2. The van der Waals surface area contributed by atoms with E-state index >= 15 is 0 Å². The van der Waals surface area contributed by atoms with Crippen molar-refractivity contribution in [3.8, 4) is 11.5 Å². The standard InChI is InChI=1S/C19H17N5O3S2/c1-26-12-5-3-11(4-6-12)20-17(25)18-24-23-16(29-18)10-28-19-21-14-8-7-13(27-2)9-15(14)22-19/h3-9H,10H2,1-2H3,(H,20,25)(H,21,22). The molecule has 0 saturated heterocycles.